The number of rotatable bonds is 7. The minimum Gasteiger partial charge on any atom is -0.480 e. The molecule has 1 atom stereocenters. The topological polar surface area (TPSA) is 112 Å². The van der Waals surface area contributed by atoms with Crippen LogP contribution in [0.15, 0.2) is 59.4 Å². The highest BCUT2D eigenvalue weighted by atomic mass is 16.4. The highest BCUT2D eigenvalue weighted by Crippen LogP contribution is 2.07. The molecule has 0 aliphatic rings. The zero-order valence-corrected chi connectivity index (χ0v) is 14.5. The highest BCUT2D eigenvalue weighted by Gasteiger charge is 2.20. The van der Waals surface area contributed by atoms with Gasteiger partial charge in [-0.3, -0.25) is 9.59 Å². The van der Waals surface area contributed by atoms with Crippen LogP contribution in [0.1, 0.15) is 17.7 Å². The Labute approximate surface area is 155 Å². The monoisotopic (exact) mass is 365 g/mol. The average molecular weight is 365 g/mol. The van der Waals surface area contributed by atoms with E-state index >= 15 is 0 Å². The molecule has 2 aromatic carbocycles. The molecule has 0 bridgehead atoms. The maximum atomic E-state index is 12.2. The summed E-state index contributed by atoms with van der Waals surface area (Å²) in [6.45, 7) is 0. The van der Waals surface area contributed by atoms with Crippen molar-refractivity contribution in [2.45, 2.75) is 25.3 Å². The molecule has 1 aromatic heterocycles. The number of aliphatic carboxylic acids is 1. The molecular formula is C20H19N3O4. The molecular weight excluding hydrogens is 346 g/mol. The fourth-order valence-corrected chi connectivity index (χ4v) is 2.79. The van der Waals surface area contributed by atoms with E-state index in [2.05, 4.69) is 15.3 Å². The zero-order valence-electron chi connectivity index (χ0n) is 14.5. The molecule has 3 N–H and O–H groups in total. The van der Waals surface area contributed by atoms with Gasteiger partial charge in [-0.1, -0.05) is 42.5 Å². The standard InChI is InChI=1S/C20H19N3O4/c24-18(22-17(20(26)27)12-13-6-2-1-3-7-13)11-10-16-19(25)23-15-9-5-4-8-14(15)21-16/h1-9,17H,10-12H2,(H,22,24)(H,23,25)(H,26,27)/t17-/m0/s1. The third-order valence-corrected chi connectivity index (χ3v) is 4.17. The summed E-state index contributed by atoms with van der Waals surface area (Å²) < 4.78 is 0. The van der Waals surface area contributed by atoms with Gasteiger partial charge in [-0.05, 0) is 17.7 Å². The Balaban J connectivity index is 1.63. The third kappa shape index (κ3) is 4.78. The van der Waals surface area contributed by atoms with Crippen LogP contribution in [0, 0.1) is 0 Å². The summed E-state index contributed by atoms with van der Waals surface area (Å²) in [6.07, 6.45) is 0.299. The first-order chi connectivity index (χ1) is 13.0. The smallest absolute Gasteiger partial charge is 0.326 e. The van der Waals surface area contributed by atoms with E-state index in [-0.39, 0.29) is 30.5 Å². The summed E-state index contributed by atoms with van der Waals surface area (Å²) in [5.41, 5.74) is 1.99. The van der Waals surface area contributed by atoms with Crippen molar-refractivity contribution in [3.63, 3.8) is 0 Å². The molecule has 0 aliphatic carbocycles. The summed E-state index contributed by atoms with van der Waals surface area (Å²) in [5.74, 6) is -1.54. The number of amides is 1. The zero-order chi connectivity index (χ0) is 19.2. The molecule has 138 valence electrons. The number of nitrogens with one attached hydrogen (secondary N) is 2. The number of aromatic nitrogens is 2. The first-order valence-electron chi connectivity index (χ1n) is 8.57. The Morgan fingerprint density at radius 3 is 2.52 bits per heavy atom. The number of carbonyl (C=O) groups is 2. The lowest BCUT2D eigenvalue weighted by Gasteiger charge is -2.14. The van der Waals surface area contributed by atoms with Gasteiger partial charge < -0.3 is 15.4 Å². The van der Waals surface area contributed by atoms with Crippen LogP contribution in [0.3, 0.4) is 0 Å². The number of nitrogens with zero attached hydrogens (tertiary/aromatic N) is 1. The lowest BCUT2D eigenvalue weighted by molar-refractivity contribution is -0.141. The van der Waals surface area contributed by atoms with Crippen LogP contribution in [-0.4, -0.2) is 33.0 Å². The van der Waals surface area contributed by atoms with Crippen molar-refractivity contribution in [2.75, 3.05) is 0 Å². The van der Waals surface area contributed by atoms with Gasteiger partial charge in [0.25, 0.3) is 5.56 Å². The second kappa shape index (κ2) is 8.27. The number of hydrogen-bond donors (Lipinski definition) is 3. The van der Waals surface area contributed by atoms with Crippen molar-refractivity contribution >= 4 is 22.9 Å². The van der Waals surface area contributed by atoms with Gasteiger partial charge in [-0.15, -0.1) is 0 Å². The molecule has 0 fully saturated rings. The summed E-state index contributed by atoms with van der Waals surface area (Å²) in [7, 11) is 0. The highest BCUT2D eigenvalue weighted by molar-refractivity contribution is 5.84. The SMILES string of the molecule is O=C(CCc1nc2ccccc2[nH]c1=O)N[C@@H](Cc1ccccc1)C(=O)O. The van der Waals surface area contributed by atoms with E-state index < -0.39 is 17.9 Å². The van der Waals surface area contributed by atoms with Crippen molar-refractivity contribution < 1.29 is 14.7 Å². The molecule has 0 saturated carbocycles. The van der Waals surface area contributed by atoms with Gasteiger partial charge in [0.2, 0.25) is 5.91 Å². The second-order valence-electron chi connectivity index (χ2n) is 6.18. The third-order valence-electron chi connectivity index (χ3n) is 4.17. The molecule has 27 heavy (non-hydrogen) atoms. The number of carbonyl (C=O) groups excluding carboxylic acids is 1. The first-order valence-corrected chi connectivity index (χ1v) is 8.57. The Bertz CT molecular complexity index is 1010. The van der Waals surface area contributed by atoms with Crippen molar-refractivity contribution in [1.29, 1.82) is 0 Å². The van der Waals surface area contributed by atoms with E-state index in [0.29, 0.717) is 11.0 Å². The van der Waals surface area contributed by atoms with Crippen LogP contribution in [0.5, 0.6) is 0 Å². The predicted molar refractivity (Wildman–Crippen MR) is 100 cm³/mol. The predicted octanol–water partition coefficient (Wildman–Crippen LogP) is 1.67. The van der Waals surface area contributed by atoms with Gasteiger partial charge in [0, 0.05) is 19.3 Å². The van der Waals surface area contributed by atoms with Crippen LogP contribution in [0.25, 0.3) is 11.0 Å². The largest absolute Gasteiger partial charge is 0.480 e. The molecule has 3 aromatic rings. The van der Waals surface area contributed by atoms with Crippen LogP contribution in [0.4, 0.5) is 0 Å². The molecule has 7 nitrogen and oxygen atoms in total. The van der Waals surface area contributed by atoms with Crippen LogP contribution in [-0.2, 0) is 22.4 Å². The van der Waals surface area contributed by atoms with Crippen LogP contribution in [0.2, 0.25) is 0 Å². The van der Waals surface area contributed by atoms with Crippen molar-refractivity contribution in [3.05, 3.63) is 76.2 Å². The molecule has 0 saturated heterocycles. The molecule has 0 spiro atoms. The molecule has 0 aliphatic heterocycles. The van der Waals surface area contributed by atoms with Gasteiger partial charge in [-0.2, -0.15) is 0 Å². The Morgan fingerprint density at radius 2 is 1.78 bits per heavy atom. The van der Waals surface area contributed by atoms with E-state index in [9.17, 15) is 19.5 Å². The van der Waals surface area contributed by atoms with E-state index in [1.807, 2.05) is 24.3 Å². The van der Waals surface area contributed by atoms with E-state index in [4.69, 9.17) is 0 Å². The molecule has 3 rings (SSSR count). The van der Waals surface area contributed by atoms with Crippen LogP contribution < -0.4 is 10.9 Å². The number of carboxylic acid groups (broad SMARTS) is 1. The molecule has 1 heterocycles. The number of fused-ring (bicyclic) bond motifs is 1. The fraction of sp³-hybridized carbons (Fsp3) is 0.200. The van der Waals surface area contributed by atoms with Crippen molar-refractivity contribution in [3.8, 4) is 0 Å². The van der Waals surface area contributed by atoms with E-state index in [0.717, 1.165) is 5.56 Å². The van der Waals surface area contributed by atoms with Gasteiger partial charge in [0.1, 0.15) is 11.7 Å². The van der Waals surface area contributed by atoms with Gasteiger partial charge >= 0.3 is 5.97 Å². The summed E-state index contributed by atoms with van der Waals surface area (Å²) in [5, 5.41) is 11.9. The van der Waals surface area contributed by atoms with Crippen molar-refractivity contribution in [1.82, 2.24) is 15.3 Å². The van der Waals surface area contributed by atoms with E-state index in [1.54, 1.807) is 30.3 Å². The Morgan fingerprint density at radius 1 is 1.07 bits per heavy atom. The molecule has 7 heteroatoms. The summed E-state index contributed by atoms with van der Waals surface area (Å²) in [6, 6.07) is 15.2. The average Bonchev–Trinajstić information content (AvgIpc) is 2.66. The number of carboxylic acids is 1. The number of H-pyrrole nitrogens is 1. The summed E-state index contributed by atoms with van der Waals surface area (Å²) >= 11 is 0. The number of aryl methyl sites for hydroxylation is 1. The Hall–Kier alpha value is -3.48. The normalized spacial score (nSPS) is 11.9. The number of para-hydroxylation sites is 2. The van der Waals surface area contributed by atoms with Gasteiger partial charge in [-0.25, -0.2) is 9.78 Å². The first kappa shape index (κ1) is 18.3. The number of benzene rings is 2. The second-order valence-corrected chi connectivity index (χ2v) is 6.18. The van der Waals surface area contributed by atoms with Gasteiger partial charge in [0.15, 0.2) is 0 Å². The summed E-state index contributed by atoms with van der Waals surface area (Å²) in [4.78, 5) is 42.7. The minimum absolute atomic E-state index is 0.0208. The minimum atomic E-state index is -1.10. The Kier molecular flexibility index (Phi) is 5.61. The number of aromatic amines is 1. The molecule has 0 radical (unpaired) electrons. The fourth-order valence-electron chi connectivity index (χ4n) is 2.79. The maximum Gasteiger partial charge on any atom is 0.326 e. The van der Waals surface area contributed by atoms with Crippen LogP contribution >= 0.6 is 0 Å². The van der Waals surface area contributed by atoms with Crippen molar-refractivity contribution in [2.24, 2.45) is 0 Å². The lowest BCUT2D eigenvalue weighted by Crippen LogP contribution is -2.42. The maximum absolute atomic E-state index is 12.2. The van der Waals surface area contributed by atoms with Gasteiger partial charge in [0.05, 0.1) is 11.0 Å². The molecule has 1 amide bonds. The van der Waals surface area contributed by atoms with E-state index in [1.165, 1.54) is 0 Å². The lowest BCUT2D eigenvalue weighted by atomic mass is 10.1. The molecule has 0 unspecified atom stereocenters. The number of hydrogen-bond acceptors (Lipinski definition) is 4. The quantitative estimate of drug-likeness (QED) is 0.590.